The van der Waals surface area contributed by atoms with Gasteiger partial charge in [0.1, 0.15) is 0 Å². The van der Waals surface area contributed by atoms with E-state index in [1.165, 1.54) is 42.3 Å². The third-order valence-corrected chi connectivity index (χ3v) is 5.58. The normalized spacial score (nSPS) is 25.1. The molecule has 0 aromatic carbocycles. The summed E-state index contributed by atoms with van der Waals surface area (Å²) in [6.45, 7) is 5.14. The minimum atomic E-state index is 0.333. The van der Waals surface area contributed by atoms with Crippen molar-refractivity contribution in [3.05, 3.63) is 15.9 Å². The van der Waals surface area contributed by atoms with E-state index in [1.54, 1.807) is 0 Å². The smallest absolute Gasteiger partial charge is 0.0738 e. The summed E-state index contributed by atoms with van der Waals surface area (Å²) in [5, 5.41) is 4.90. The van der Waals surface area contributed by atoms with Gasteiger partial charge in [-0.15, -0.1) is 11.6 Å². The highest BCUT2D eigenvalue weighted by atomic mass is 79.9. The Morgan fingerprint density at radius 3 is 2.78 bits per heavy atom. The predicted molar refractivity (Wildman–Crippen MR) is 80.3 cm³/mol. The van der Waals surface area contributed by atoms with Crippen LogP contribution in [-0.4, -0.2) is 15.2 Å². The van der Waals surface area contributed by atoms with Crippen molar-refractivity contribution in [2.75, 3.05) is 0 Å². The van der Waals surface area contributed by atoms with E-state index in [1.807, 2.05) is 0 Å². The summed E-state index contributed by atoms with van der Waals surface area (Å²) in [5.74, 6) is 0.604. The Balaban J connectivity index is 2.16. The number of rotatable bonds is 3. The van der Waals surface area contributed by atoms with Gasteiger partial charge < -0.3 is 0 Å². The van der Waals surface area contributed by atoms with Crippen LogP contribution >= 0.6 is 27.5 Å². The predicted octanol–water partition coefficient (Wildman–Crippen LogP) is 4.70. The van der Waals surface area contributed by atoms with Crippen LogP contribution in [0.25, 0.3) is 0 Å². The molecule has 2 rings (SSSR count). The molecule has 1 aromatic rings. The van der Waals surface area contributed by atoms with E-state index < -0.39 is 0 Å². The van der Waals surface area contributed by atoms with Gasteiger partial charge in [-0.1, -0.05) is 19.3 Å². The van der Waals surface area contributed by atoms with Gasteiger partial charge in [0.25, 0.3) is 0 Å². The molecule has 0 bridgehead atoms. The summed E-state index contributed by atoms with van der Waals surface area (Å²) in [6, 6.07) is 0. The molecule has 1 aliphatic rings. The lowest BCUT2D eigenvalue weighted by Gasteiger charge is -2.20. The Morgan fingerprint density at radius 1 is 1.33 bits per heavy atom. The van der Waals surface area contributed by atoms with Gasteiger partial charge >= 0.3 is 0 Å². The number of halogens is 2. The fraction of sp³-hybridized carbons (Fsp3) is 0.786. The molecule has 102 valence electrons. The third kappa shape index (κ3) is 3.11. The molecule has 1 aromatic heterocycles. The highest BCUT2D eigenvalue weighted by Crippen LogP contribution is 2.32. The van der Waals surface area contributed by atoms with Crippen LogP contribution in [-0.2, 0) is 13.0 Å². The van der Waals surface area contributed by atoms with Crippen molar-refractivity contribution in [1.82, 2.24) is 9.78 Å². The maximum Gasteiger partial charge on any atom is 0.0738 e. The molecule has 0 amide bonds. The van der Waals surface area contributed by atoms with E-state index >= 15 is 0 Å². The first-order valence-corrected chi connectivity index (χ1v) is 8.22. The van der Waals surface area contributed by atoms with Gasteiger partial charge in [0.2, 0.25) is 0 Å². The molecular weight excluding hydrogens is 312 g/mol. The third-order valence-electron chi connectivity index (χ3n) is 3.97. The molecule has 0 spiro atoms. The number of nitrogens with zero attached hydrogens (tertiary/aromatic N) is 2. The van der Waals surface area contributed by atoms with Crippen LogP contribution in [0.15, 0.2) is 4.47 Å². The Bertz CT molecular complexity index is 403. The zero-order valence-corrected chi connectivity index (χ0v) is 13.6. The molecular formula is C14H22BrClN2. The van der Waals surface area contributed by atoms with Gasteiger partial charge in [0.05, 0.1) is 15.9 Å². The Kier molecular flexibility index (Phi) is 5.14. The molecule has 1 fully saturated rings. The van der Waals surface area contributed by atoms with Crippen LogP contribution in [0.1, 0.15) is 50.4 Å². The summed E-state index contributed by atoms with van der Waals surface area (Å²) < 4.78 is 3.30. The second-order valence-corrected chi connectivity index (χ2v) is 6.63. The average molecular weight is 334 g/mol. The van der Waals surface area contributed by atoms with E-state index in [4.69, 9.17) is 11.6 Å². The molecule has 2 nitrogen and oxygen atoms in total. The van der Waals surface area contributed by atoms with Gasteiger partial charge in [0, 0.05) is 11.9 Å². The molecule has 18 heavy (non-hydrogen) atoms. The molecule has 2 unspecified atom stereocenters. The van der Waals surface area contributed by atoms with Crippen molar-refractivity contribution >= 4 is 27.5 Å². The largest absolute Gasteiger partial charge is 0.268 e. The molecule has 1 saturated carbocycles. The Labute approximate surface area is 123 Å². The summed E-state index contributed by atoms with van der Waals surface area (Å²) in [5.41, 5.74) is 2.42. The summed E-state index contributed by atoms with van der Waals surface area (Å²) >= 11 is 10.2. The van der Waals surface area contributed by atoms with E-state index in [9.17, 15) is 0 Å². The zero-order valence-electron chi connectivity index (χ0n) is 11.3. The first kappa shape index (κ1) is 14.4. The van der Waals surface area contributed by atoms with Crippen molar-refractivity contribution in [2.24, 2.45) is 5.92 Å². The summed E-state index contributed by atoms with van der Waals surface area (Å²) in [6.07, 6.45) is 7.44. The van der Waals surface area contributed by atoms with Crippen LogP contribution in [0, 0.1) is 12.8 Å². The van der Waals surface area contributed by atoms with Crippen LogP contribution in [0.2, 0.25) is 0 Å². The zero-order chi connectivity index (χ0) is 13.1. The lowest BCUT2D eigenvalue weighted by Crippen LogP contribution is -2.18. The fourth-order valence-corrected chi connectivity index (χ4v) is 3.70. The number of hydrogen-bond acceptors (Lipinski definition) is 1. The van der Waals surface area contributed by atoms with Gasteiger partial charge in [-0.05, 0) is 55.0 Å². The molecule has 1 aliphatic carbocycles. The Hall–Kier alpha value is -0.0200. The minimum Gasteiger partial charge on any atom is -0.268 e. The molecule has 0 saturated heterocycles. The second-order valence-electron chi connectivity index (χ2n) is 5.28. The quantitative estimate of drug-likeness (QED) is 0.579. The molecule has 0 aliphatic heterocycles. The molecule has 0 radical (unpaired) electrons. The van der Waals surface area contributed by atoms with Gasteiger partial charge in [-0.2, -0.15) is 5.10 Å². The standard InChI is InChI=1S/C14H22BrClN2/c1-3-18-13(14(15)10(2)17-18)9-11-7-5-4-6-8-12(11)16/h11-12H,3-9H2,1-2H3. The number of alkyl halides is 1. The molecule has 0 N–H and O–H groups in total. The van der Waals surface area contributed by atoms with Crippen LogP contribution in [0.5, 0.6) is 0 Å². The fourth-order valence-electron chi connectivity index (χ4n) is 2.88. The van der Waals surface area contributed by atoms with Crippen molar-refractivity contribution in [3.63, 3.8) is 0 Å². The maximum absolute atomic E-state index is 6.55. The van der Waals surface area contributed by atoms with Crippen LogP contribution in [0.4, 0.5) is 0 Å². The number of aromatic nitrogens is 2. The van der Waals surface area contributed by atoms with Gasteiger partial charge in [0.15, 0.2) is 0 Å². The molecule has 4 heteroatoms. The highest BCUT2D eigenvalue weighted by Gasteiger charge is 2.25. The minimum absolute atomic E-state index is 0.333. The van der Waals surface area contributed by atoms with Crippen molar-refractivity contribution in [1.29, 1.82) is 0 Å². The van der Waals surface area contributed by atoms with Crippen LogP contribution < -0.4 is 0 Å². The lowest BCUT2D eigenvalue weighted by molar-refractivity contribution is 0.445. The van der Waals surface area contributed by atoms with Crippen molar-refractivity contribution < 1.29 is 0 Å². The van der Waals surface area contributed by atoms with Crippen LogP contribution in [0.3, 0.4) is 0 Å². The first-order valence-electron chi connectivity index (χ1n) is 6.99. The first-order chi connectivity index (χ1) is 8.63. The highest BCUT2D eigenvalue weighted by molar-refractivity contribution is 9.10. The van der Waals surface area contributed by atoms with Gasteiger partial charge in [-0.3, -0.25) is 4.68 Å². The SMILES string of the molecule is CCn1nc(C)c(Br)c1CC1CCCCCC1Cl. The van der Waals surface area contributed by atoms with E-state index in [2.05, 4.69) is 39.6 Å². The van der Waals surface area contributed by atoms with E-state index in [0.717, 1.165) is 18.7 Å². The number of aryl methyl sites for hydroxylation is 2. The molecule has 1 heterocycles. The lowest BCUT2D eigenvalue weighted by atomic mass is 9.94. The maximum atomic E-state index is 6.55. The average Bonchev–Trinajstić information content (AvgIpc) is 2.53. The van der Waals surface area contributed by atoms with Crippen molar-refractivity contribution in [2.45, 2.75) is 64.3 Å². The Morgan fingerprint density at radius 2 is 2.06 bits per heavy atom. The molecule has 2 atom stereocenters. The van der Waals surface area contributed by atoms with E-state index in [0.29, 0.717) is 11.3 Å². The summed E-state index contributed by atoms with van der Waals surface area (Å²) in [4.78, 5) is 0. The van der Waals surface area contributed by atoms with Gasteiger partial charge in [-0.25, -0.2) is 0 Å². The van der Waals surface area contributed by atoms with Crippen molar-refractivity contribution in [3.8, 4) is 0 Å². The topological polar surface area (TPSA) is 17.8 Å². The monoisotopic (exact) mass is 332 g/mol. The van der Waals surface area contributed by atoms with E-state index in [-0.39, 0.29) is 0 Å². The second kappa shape index (κ2) is 6.42. The summed E-state index contributed by atoms with van der Waals surface area (Å²) in [7, 11) is 0. The number of hydrogen-bond donors (Lipinski definition) is 0.